The third-order valence-corrected chi connectivity index (χ3v) is 3.19. The van der Waals surface area contributed by atoms with Gasteiger partial charge in [-0.2, -0.15) is 0 Å². The molecule has 2 nitrogen and oxygen atoms in total. The van der Waals surface area contributed by atoms with Gasteiger partial charge in [-0.25, -0.2) is 0 Å². The highest BCUT2D eigenvalue weighted by molar-refractivity contribution is 4.81. The molecule has 0 saturated heterocycles. The fourth-order valence-electron chi connectivity index (χ4n) is 2.45. The van der Waals surface area contributed by atoms with Crippen molar-refractivity contribution < 1.29 is 32.6 Å². The highest BCUT2D eigenvalue weighted by Crippen LogP contribution is 2.27. The van der Waals surface area contributed by atoms with E-state index in [0.29, 0.717) is 6.04 Å². The highest BCUT2D eigenvalue weighted by atomic mass is 127. The van der Waals surface area contributed by atoms with Gasteiger partial charge in [0.05, 0.1) is 31.2 Å². The SMILES string of the molecule is [2H]C([2H])([2H])[N+](C)(C)[C@@H]1CCCC[C@H]1N(C)C.[I-]. The maximum Gasteiger partial charge on any atom is 0.104 e. The molecule has 0 amide bonds. The molecule has 2 atom stereocenters. The fourth-order valence-corrected chi connectivity index (χ4v) is 2.45. The van der Waals surface area contributed by atoms with E-state index in [1.165, 1.54) is 6.42 Å². The maximum atomic E-state index is 7.69. The first-order valence-corrected chi connectivity index (χ1v) is 5.18. The first-order valence-electron chi connectivity index (χ1n) is 6.68. The summed E-state index contributed by atoms with van der Waals surface area (Å²) in [5, 5.41) is 0. The van der Waals surface area contributed by atoms with E-state index in [0.717, 1.165) is 19.3 Å². The molecule has 0 heterocycles. The van der Waals surface area contributed by atoms with E-state index in [1.54, 1.807) is 0 Å². The Balaban J connectivity index is 0.00000256. The largest absolute Gasteiger partial charge is 1.00 e. The van der Waals surface area contributed by atoms with E-state index in [9.17, 15) is 0 Å². The van der Waals surface area contributed by atoms with Gasteiger partial charge in [-0.3, -0.25) is 0 Å². The van der Waals surface area contributed by atoms with Crippen LogP contribution in [0.15, 0.2) is 0 Å². The zero-order chi connectivity index (χ0) is 12.6. The Morgan fingerprint density at radius 2 is 1.79 bits per heavy atom. The summed E-state index contributed by atoms with van der Waals surface area (Å²) >= 11 is 0. The molecule has 1 aliphatic carbocycles. The second-order valence-electron chi connectivity index (χ2n) is 4.92. The molecule has 0 unspecified atom stereocenters. The van der Waals surface area contributed by atoms with Gasteiger partial charge in [0.2, 0.25) is 0 Å². The molecule has 0 bridgehead atoms. The molecule has 1 fully saturated rings. The van der Waals surface area contributed by atoms with Crippen molar-refractivity contribution in [2.75, 3.05) is 35.2 Å². The summed E-state index contributed by atoms with van der Waals surface area (Å²) in [6.45, 7) is -1.92. The van der Waals surface area contributed by atoms with Crippen LogP contribution >= 0.6 is 0 Å². The molecule has 0 radical (unpaired) electrons. The summed E-state index contributed by atoms with van der Waals surface area (Å²) < 4.78 is 23.2. The van der Waals surface area contributed by atoms with Gasteiger partial charge in [-0.05, 0) is 26.9 Å². The minimum absolute atomic E-state index is 0. The molecule has 86 valence electrons. The van der Waals surface area contributed by atoms with E-state index in [4.69, 9.17) is 4.11 Å². The first kappa shape index (κ1) is 9.85. The lowest BCUT2D eigenvalue weighted by Crippen LogP contribution is -3.00. The minimum Gasteiger partial charge on any atom is -1.00 e. The van der Waals surface area contributed by atoms with Crippen LogP contribution in [0.5, 0.6) is 0 Å². The van der Waals surface area contributed by atoms with Gasteiger partial charge in [0.1, 0.15) is 6.04 Å². The zero-order valence-corrected chi connectivity index (χ0v) is 11.9. The van der Waals surface area contributed by atoms with Crippen molar-refractivity contribution in [1.82, 2.24) is 4.90 Å². The van der Waals surface area contributed by atoms with Crippen LogP contribution in [0, 0.1) is 0 Å². The van der Waals surface area contributed by atoms with Crippen molar-refractivity contribution in [3.63, 3.8) is 0 Å². The van der Waals surface area contributed by atoms with Gasteiger partial charge in [-0.1, -0.05) is 6.42 Å². The normalized spacial score (nSPS) is 32.8. The first-order chi connectivity index (χ1) is 7.18. The number of likely N-dealkylation sites (N-methyl/N-ethyl adjacent to an activating group) is 2. The van der Waals surface area contributed by atoms with Crippen LogP contribution in [0.1, 0.15) is 29.8 Å². The molecule has 0 aliphatic heterocycles. The Morgan fingerprint density at radius 1 is 1.21 bits per heavy atom. The van der Waals surface area contributed by atoms with Crippen molar-refractivity contribution >= 4 is 0 Å². The predicted molar refractivity (Wildman–Crippen MR) is 57.8 cm³/mol. The molecule has 14 heavy (non-hydrogen) atoms. The van der Waals surface area contributed by atoms with Crippen LogP contribution in [0.3, 0.4) is 0 Å². The average Bonchev–Trinajstić information content (AvgIpc) is 2.16. The summed E-state index contributed by atoms with van der Waals surface area (Å²) in [6.07, 6.45) is 4.52. The minimum atomic E-state index is -1.92. The molecule has 0 aromatic rings. The van der Waals surface area contributed by atoms with Gasteiger partial charge in [-0.15, -0.1) is 0 Å². The topological polar surface area (TPSA) is 3.24 Å². The number of rotatable bonds is 2. The molecule has 1 aliphatic rings. The van der Waals surface area contributed by atoms with Crippen LogP contribution in [0.4, 0.5) is 0 Å². The Labute approximate surface area is 110 Å². The van der Waals surface area contributed by atoms with Crippen LogP contribution < -0.4 is 24.0 Å². The van der Waals surface area contributed by atoms with Crippen LogP contribution in [0.2, 0.25) is 0 Å². The average molecular weight is 315 g/mol. The summed E-state index contributed by atoms with van der Waals surface area (Å²) in [7, 11) is 7.81. The van der Waals surface area contributed by atoms with Crippen molar-refractivity contribution in [3.05, 3.63) is 0 Å². The van der Waals surface area contributed by atoms with Crippen molar-refractivity contribution in [2.45, 2.75) is 37.8 Å². The molecule has 0 aromatic carbocycles. The van der Waals surface area contributed by atoms with E-state index in [1.807, 2.05) is 14.1 Å². The molecule has 3 heteroatoms. The number of quaternary nitrogens is 1. The summed E-state index contributed by atoms with van der Waals surface area (Å²) in [5.74, 6) is 0. The third kappa shape index (κ3) is 3.66. The number of nitrogens with zero attached hydrogens (tertiary/aromatic N) is 2. The number of hydrogen-bond acceptors (Lipinski definition) is 1. The quantitative estimate of drug-likeness (QED) is 0.446. The molecule has 0 aromatic heterocycles. The van der Waals surface area contributed by atoms with Gasteiger partial charge in [0.25, 0.3) is 0 Å². The van der Waals surface area contributed by atoms with E-state index >= 15 is 0 Å². The lowest BCUT2D eigenvalue weighted by atomic mass is 9.88. The molecule has 1 rings (SSSR count). The standard InChI is InChI=1S/C11H25N2.HI/c1-12(2)10-8-6-7-9-11(10)13(3,4)5;/h10-11H,6-9H2,1-5H3;1H/q+1;/p-1/t10-,11-;/m1./s1/i3D3;. The Morgan fingerprint density at radius 3 is 2.29 bits per heavy atom. The number of hydrogen-bond donors (Lipinski definition) is 0. The van der Waals surface area contributed by atoms with E-state index in [-0.39, 0.29) is 34.5 Å². The summed E-state index contributed by atoms with van der Waals surface area (Å²) in [4.78, 5) is 2.19. The lowest BCUT2D eigenvalue weighted by molar-refractivity contribution is -0.899. The predicted octanol–water partition coefficient (Wildman–Crippen LogP) is -1.43. The van der Waals surface area contributed by atoms with Crippen LogP contribution in [-0.2, 0) is 0 Å². The smallest absolute Gasteiger partial charge is 0.104 e. The lowest BCUT2D eigenvalue weighted by Gasteiger charge is -2.44. The zero-order valence-electron chi connectivity index (χ0n) is 12.8. The van der Waals surface area contributed by atoms with E-state index in [2.05, 4.69) is 19.0 Å². The van der Waals surface area contributed by atoms with E-state index < -0.39 is 6.98 Å². The Hall–Kier alpha value is 0.650. The van der Waals surface area contributed by atoms with Gasteiger partial charge in [0.15, 0.2) is 0 Å². The fraction of sp³-hybridized carbons (Fsp3) is 1.00. The maximum absolute atomic E-state index is 7.69. The highest BCUT2D eigenvalue weighted by Gasteiger charge is 2.35. The number of halogens is 1. The second-order valence-corrected chi connectivity index (χ2v) is 4.92. The second kappa shape index (κ2) is 5.66. The third-order valence-electron chi connectivity index (χ3n) is 3.19. The molecular weight excluding hydrogens is 287 g/mol. The van der Waals surface area contributed by atoms with Gasteiger partial charge in [0, 0.05) is 6.42 Å². The molecule has 0 N–H and O–H groups in total. The summed E-state index contributed by atoms with van der Waals surface area (Å²) in [6, 6.07) is 0.612. The molecule has 1 saturated carbocycles. The van der Waals surface area contributed by atoms with Crippen molar-refractivity contribution in [1.29, 1.82) is 0 Å². The monoisotopic (exact) mass is 315 g/mol. The van der Waals surface area contributed by atoms with Gasteiger partial charge >= 0.3 is 0 Å². The van der Waals surface area contributed by atoms with Crippen molar-refractivity contribution in [2.24, 2.45) is 0 Å². The Bertz CT molecular complexity index is 241. The Kier molecular flexibility index (Phi) is 3.98. The van der Waals surface area contributed by atoms with Crippen LogP contribution in [0.25, 0.3) is 0 Å². The van der Waals surface area contributed by atoms with Gasteiger partial charge < -0.3 is 33.4 Å². The summed E-state index contributed by atoms with van der Waals surface area (Å²) in [5.41, 5.74) is 0. The molecular formula is C11H25IN2. The van der Waals surface area contributed by atoms with Crippen molar-refractivity contribution in [3.8, 4) is 0 Å². The molecule has 0 spiro atoms. The van der Waals surface area contributed by atoms with Crippen LogP contribution in [-0.4, -0.2) is 56.6 Å².